The molecule has 1 aromatic rings. The van der Waals surface area contributed by atoms with Crippen molar-refractivity contribution < 1.29 is 5.11 Å². The third-order valence-electron chi connectivity index (χ3n) is 2.41. The fraction of sp³-hybridized carbons (Fsp3) is 0.727. The number of nitrogens with one attached hydrogen (secondary N) is 1. The van der Waals surface area contributed by atoms with E-state index < -0.39 is 0 Å². The molecular weight excluding hydrogens is 190 g/mol. The van der Waals surface area contributed by atoms with Gasteiger partial charge in [-0.25, -0.2) is 4.98 Å². The zero-order valence-electron chi connectivity index (χ0n) is 9.82. The Kier molecular flexibility index (Phi) is 4.29. The van der Waals surface area contributed by atoms with Gasteiger partial charge in [0.05, 0.1) is 18.6 Å². The molecule has 0 spiro atoms. The van der Waals surface area contributed by atoms with Gasteiger partial charge in [0, 0.05) is 24.8 Å². The Hall–Kier alpha value is -0.870. The summed E-state index contributed by atoms with van der Waals surface area (Å²) in [6.07, 6.45) is 4.83. The van der Waals surface area contributed by atoms with Crippen molar-refractivity contribution in [2.45, 2.75) is 45.8 Å². The van der Waals surface area contributed by atoms with Gasteiger partial charge >= 0.3 is 0 Å². The first-order valence-electron chi connectivity index (χ1n) is 5.44. The first kappa shape index (κ1) is 12.2. The Balaban J connectivity index is 2.53. The molecule has 4 nitrogen and oxygen atoms in total. The van der Waals surface area contributed by atoms with E-state index >= 15 is 0 Å². The largest absolute Gasteiger partial charge is 0.394 e. The summed E-state index contributed by atoms with van der Waals surface area (Å²) in [5, 5.41) is 12.4. The molecule has 0 aliphatic rings. The standard InChI is InChI=1S/C11H21N3O/c1-4-5-14-9-12-6-10(14)7-13-11(2,3)8-15/h6,9,13,15H,4-5,7-8H2,1-3H3. The van der Waals surface area contributed by atoms with Gasteiger partial charge in [0.1, 0.15) is 0 Å². The molecule has 0 saturated heterocycles. The molecule has 0 radical (unpaired) electrons. The van der Waals surface area contributed by atoms with Gasteiger partial charge in [-0.3, -0.25) is 0 Å². The normalized spacial score (nSPS) is 12.0. The second kappa shape index (κ2) is 5.28. The number of aromatic nitrogens is 2. The number of hydrogen-bond acceptors (Lipinski definition) is 3. The van der Waals surface area contributed by atoms with Gasteiger partial charge in [0.15, 0.2) is 0 Å². The molecule has 0 atom stereocenters. The van der Waals surface area contributed by atoms with Crippen LogP contribution < -0.4 is 5.32 Å². The highest BCUT2D eigenvalue weighted by molar-refractivity contribution is 4.99. The van der Waals surface area contributed by atoms with Crippen LogP contribution in [0.4, 0.5) is 0 Å². The minimum atomic E-state index is -0.235. The predicted molar refractivity (Wildman–Crippen MR) is 60.5 cm³/mol. The molecule has 0 amide bonds. The number of imidazole rings is 1. The van der Waals surface area contributed by atoms with E-state index in [9.17, 15) is 0 Å². The first-order valence-corrected chi connectivity index (χ1v) is 5.44. The molecule has 0 aliphatic heterocycles. The summed E-state index contributed by atoms with van der Waals surface area (Å²) >= 11 is 0. The van der Waals surface area contributed by atoms with Gasteiger partial charge in [-0.2, -0.15) is 0 Å². The maximum absolute atomic E-state index is 9.11. The molecule has 2 N–H and O–H groups in total. The van der Waals surface area contributed by atoms with Crippen molar-refractivity contribution in [1.82, 2.24) is 14.9 Å². The number of nitrogens with zero attached hydrogens (tertiary/aromatic N) is 2. The van der Waals surface area contributed by atoms with Crippen LogP contribution in [0.15, 0.2) is 12.5 Å². The predicted octanol–water partition coefficient (Wildman–Crippen LogP) is 1.15. The summed E-state index contributed by atoms with van der Waals surface area (Å²) in [5.41, 5.74) is 0.930. The Morgan fingerprint density at radius 2 is 2.27 bits per heavy atom. The molecule has 1 rings (SSSR count). The molecule has 0 saturated carbocycles. The van der Waals surface area contributed by atoms with E-state index in [4.69, 9.17) is 5.11 Å². The van der Waals surface area contributed by atoms with Crippen LogP contribution in [0.3, 0.4) is 0 Å². The van der Waals surface area contributed by atoms with Crippen LogP contribution in [0, 0.1) is 0 Å². The number of rotatable bonds is 6. The van der Waals surface area contributed by atoms with Crippen LogP contribution in [-0.2, 0) is 13.1 Å². The Labute approximate surface area is 91.3 Å². The van der Waals surface area contributed by atoms with Gasteiger partial charge in [-0.05, 0) is 20.3 Å². The Bertz CT molecular complexity index is 294. The average molecular weight is 211 g/mol. The molecule has 0 fully saturated rings. The fourth-order valence-electron chi connectivity index (χ4n) is 1.32. The summed E-state index contributed by atoms with van der Waals surface area (Å²) < 4.78 is 2.14. The second-order valence-corrected chi connectivity index (χ2v) is 4.47. The van der Waals surface area contributed by atoms with Crippen molar-refractivity contribution in [3.63, 3.8) is 0 Å². The van der Waals surface area contributed by atoms with Gasteiger partial charge in [0.2, 0.25) is 0 Å². The van der Waals surface area contributed by atoms with Crippen LogP contribution >= 0.6 is 0 Å². The molecule has 1 heterocycles. The van der Waals surface area contributed by atoms with Gasteiger partial charge in [-0.15, -0.1) is 0 Å². The van der Waals surface area contributed by atoms with Crippen molar-refractivity contribution >= 4 is 0 Å². The van der Waals surface area contributed by atoms with Gasteiger partial charge in [-0.1, -0.05) is 6.92 Å². The van der Waals surface area contributed by atoms with E-state index in [-0.39, 0.29) is 12.1 Å². The van der Waals surface area contributed by atoms with Crippen molar-refractivity contribution in [3.8, 4) is 0 Å². The molecule has 0 bridgehead atoms. The quantitative estimate of drug-likeness (QED) is 0.742. The lowest BCUT2D eigenvalue weighted by Gasteiger charge is -2.23. The van der Waals surface area contributed by atoms with E-state index in [1.54, 1.807) is 0 Å². The maximum atomic E-state index is 9.11. The van der Waals surface area contributed by atoms with Gasteiger partial charge < -0.3 is 15.0 Å². The summed E-state index contributed by atoms with van der Waals surface area (Å²) in [6.45, 7) is 7.98. The van der Waals surface area contributed by atoms with Crippen molar-refractivity contribution in [3.05, 3.63) is 18.2 Å². The molecule has 15 heavy (non-hydrogen) atoms. The highest BCUT2D eigenvalue weighted by atomic mass is 16.3. The van der Waals surface area contributed by atoms with Crippen LogP contribution in [0.1, 0.15) is 32.9 Å². The number of aliphatic hydroxyl groups excluding tert-OH is 1. The molecule has 0 aromatic carbocycles. The molecular formula is C11H21N3O. The van der Waals surface area contributed by atoms with Crippen molar-refractivity contribution in [2.24, 2.45) is 0 Å². The lowest BCUT2D eigenvalue weighted by Crippen LogP contribution is -2.42. The molecule has 0 aliphatic carbocycles. The average Bonchev–Trinajstić information content (AvgIpc) is 2.64. The Morgan fingerprint density at radius 1 is 1.53 bits per heavy atom. The molecule has 4 heteroatoms. The highest BCUT2D eigenvalue weighted by Crippen LogP contribution is 2.05. The summed E-state index contributed by atoms with van der Waals surface area (Å²) in [4.78, 5) is 4.13. The first-order chi connectivity index (χ1) is 7.09. The summed E-state index contributed by atoms with van der Waals surface area (Å²) in [5.74, 6) is 0. The van der Waals surface area contributed by atoms with Gasteiger partial charge in [0.25, 0.3) is 0 Å². The Morgan fingerprint density at radius 3 is 2.87 bits per heavy atom. The second-order valence-electron chi connectivity index (χ2n) is 4.47. The minimum Gasteiger partial charge on any atom is -0.394 e. The lowest BCUT2D eigenvalue weighted by atomic mass is 10.1. The van der Waals surface area contributed by atoms with Crippen LogP contribution in [0.25, 0.3) is 0 Å². The van der Waals surface area contributed by atoms with Crippen LogP contribution in [-0.4, -0.2) is 26.8 Å². The van der Waals surface area contributed by atoms with E-state index in [1.807, 2.05) is 26.4 Å². The van der Waals surface area contributed by atoms with E-state index in [1.165, 1.54) is 5.69 Å². The smallest absolute Gasteiger partial charge is 0.0948 e. The number of aliphatic hydroxyl groups is 1. The SMILES string of the molecule is CCCn1cncc1CNC(C)(C)CO. The van der Waals surface area contributed by atoms with Crippen molar-refractivity contribution in [1.29, 1.82) is 0 Å². The zero-order valence-corrected chi connectivity index (χ0v) is 9.82. The molecule has 0 unspecified atom stereocenters. The third kappa shape index (κ3) is 3.64. The maximum Gasteiger partial charge on any atom is 0.0948 e. The minimum absolute atomic E-state index is 0.134. The topological polar surface area (TPSA) is 50.1 Å². The number of hydrogen-bond donors (Lipinski definition) is 2. The monoisotopic (exact) mass is 211 g/mol. The van der Waals surface area contributed by atoms with E-state index in [2.05, 4.69) is 21.8 Å². The molecule has 1 aromatic heterocycles. The lowest BCUT2D eigenvalue weighted by molar-refractivity contribution is 0.186. The molecule has 86 valence electrons. The van der Waals surface area contributed by atoms with E-state index in [0.717, 1.165) is 19.5 Å². The van der Waals surface area contributed by atoms with E-state index in [0.29, 0.717) is 0 Å². The number of aryl methyl sites for hydroxylation is 1. The zero-order chi connectivity index (χ0) is 11.3. The third-order valence-corrected chi connectivity index (χ3v) is 2.41. The van der Waals surface area contributed by atoms with Crippen LogP contribution in [0.5, 0.6) is 0 Å². The summed E-state index contributed by atoms with van der Waals surface area (Å²) in [7, 11) is 0. The van der Waals surface area contributed by atoms with Crippen molar-refractivity contribution in [2.75, 3.05) is 6.61 Å². The fourth-order valence-corrected chi connectivity index (χ4v) is 1.32. The highest BCUT2D eigenvalue weighted by Gasteiger charge is 2.15. The van der Waals surface area contributed by atoms with Crippen LogP contribution in [0.2, 0.25) is 0 Å². The summed E-state index contributed by atoms with van der Waals surface area (Å²) in [6, 6.07) is 0.